The maximum Gasteiger partial charge on any atom is 0.267 e. The van der Waals surface area contributed by atoms with Gasteiger partial charge in [-0.15, -0.1) is 0 Å². The summed E-state index contributed by atoms with van der Waals surface area (Å²) in [5.41, 5.74) is 3.08. The second kappa shape index (κ2) is 9.04. The van der Waals surface area contributed by atoms with Crippen molar-refractivity contribution in [2.45, 2.75) is 45.1 Å². The number of aliphatic imine (C=N–C) groups is 1. The van der Waals surface area contributed by atoms with Crippen LogP contribution in [0.25, 0.3) is 6.08 Å². The average Bonchev–Trinajstić information content (AvgIpc) is 3.03. The number of anilines is 1. The van der Waals surface area contributed by atoms with Crippen molar-refractivity contribution in [2.75, 3.05) is 19.0 Å². The van der Waals surface area contributed by atoms with Gasteiger partial charge in [0.1, 0.15) is 0 Å². The Morgan fingerprint density at radius 1 is 1.10 bits per heavy atom. The molecule has 0 radical (unpaired) electrons. The first kappa shape index (κ1) is 20.7. The third-order valence-electron chi connectivity index (χ3n) is 5.57. The van der Waals surface area contributed by atoms with Gasteiger partial charge in [-0.05, 0) is 67.4 Å². The molecule has 1 aliphatic heterocycles. The van der Waals surface area contributed by atoms with Gasteiger partial charge in [0.05, 0.1) is 4.91 Å². The molecule has 1 saturated carbocycles. The van der Waals surface area contributed by atoms with E-state index in [9.17, 15) is 4.79 Å². The largest absolute Gasteiger partial charge is 0.378 e. The van der Waals surface area contributed by atoms with Crippen molar-refractivity contribution in [1.29, 1.82) is 0 Å². The fourth-order valence-electron chi connectivity index (χ4n) is 3.93. The van der Waals surface area contributed by atoms with Crippen LogP contribution in [0.15, 0.2) is 52.4 Å². The molecule has 1 amide bonds. The third-order valence-corrected chi connectivity index (χ3v) is 6.55. The summed E-state index contributed by atoms with van der Waals surface area (Å²) in [5, 5.41) is 0.751. The molecule has 2 heterocycles. The topological polar surface area (TPSA) is 48.8 Å². The molecule has 0 atom stereocenters. The molecular weight excluding hydrogens is 392 g/mol. The van der Waals surface area contributed by atoms with Gasteiger partial charge in [-0.2, -0.15) is 0 Å². The maximum absolute atomic E-state index is 13.4. The van der Waals surface area contributed by atoms with Crippen LogP contribution in [0, 0.1) is 6.92 Å². The molecular formula is C24H28N4OS. The Kier molecular flexibility index (Phi) is 6.23. The molecule has 30 heavy (non-hydrogen) atoms. The van der Waals surface area contributed by atoms with Crippen LogP contribution in [0.2, 0.25) is 0 Å². The lowest BCUT2D eigenvalue weighted by Crippen LogP contribution is -2.40. The number of thioether (sulfide) groups is 1. The first-order valence-corrected chi connectivity index (χ1v) is 11.4. The van der Waals surface area contributed by atoms with Gasteiger partial charge in [-0.3, -0.25) is 9.69 Å². The molecule has 0 bridgehead atoms. The van der Waals surface area contributed by atoms with E-state index in [1.54, 1.807) is 0 Å². The van der Waals surface area contributed by atoms with E-state index in [-0.39, 0.29) is 11.9 Å². The molecule has 156 valence electrons. The molecule has 2 aliphatic rings. The number of amides is 1. The molecule has 1 aliphatic carbocycles. The summed E-state index contributed by atoms with van der Waals surface area (Å²) in [6.45, 7) is 1.96. The molecule has 0 N–H and O–H groups in total. The number of benzene rings is 1. The highest BCUT2D eigenvalue weighted by molar-refractivity contribution is 8.18. The van der Waals surface area contributed by atoms with E-state index < -0.39 is 0 Å². The molecule has 5 nitrogen and oxygen atoms in total. The fraction of sp³-hybridized carbons (Fsp3) is 0.375. The number of pyridine rings is 1. The average molecular weight is 421 g/mol. The zero-order chi connectivity index (χ0) is 21.1. The van der Waals surface area contributed by atoms with Crippen LogP contribution in [-0.4, -0.2) is 41.1 Å². The first-order chi connectivity index (χ1) is 14.5. The lowest BCUT2D eigenvalue weighted by molar-refractivity contribution is -0.124. The van der Waals surface area contributed by atoms with Crippen LogP contribution in [0.1, 0.15) is 43.4 Å². The van der Waals surface area contributed by atoms with Gasteiger partial charge >= 0.3 is 0 Å². The first-order valence-electron chi connectivity index (χ1n) is 10.5. The van der Waals surface area contributed by atoms with Crippen LogP contribution in [0.4, 0.5) is 11.5 Å². The van der Waals surface area contributed by atoms with E-state index in [2.05, 4.69) is 34.1 Å². The van der Waals surface area contributed by atoms with Gasteiger partial charge in [-0.1, -0.05) is 37.5 Å². The number of hydrogen-bond acceptors (Lipinski definition) is 5. The Hall–Kier alpha value is -2.60. The zero-order valence-corrected chi connectivity index (χ0v) is 18.7. The van der Waals surface area contributed by atoms with Crippen LogP contribution < -0.4 is 4.90 Å². The Bertz CT molecular complexity index is 975. The lowest BCUT2D eigenvalue weighted by atomic mass is 9.94. The third kappa shape index (κ3) is 4.59. The van der Waals surface area contributed by atoms with E-state index >= 15 is 0 Å². The highest BCUT2D eigenvalue weighted by Crippen LogP contribution is 2.38. The van der Waals surface area contributed by atoms with Crippen molar-refractivity contribution in [3.05, 3.63) is 58.6 Å². The van der Waals surface area contributed by atoms with E-state index in [0.29, 0.717) is 5.82 Å². The van der Waals surface area contributed by atoms with Crippen LogP contribution >= 0.6 is 11.8 Å². The normalized spacial score (nSPS) is 20.4. The van der Waals surface area contributed by atoms with Gasteiger partial charge in [0, 0.05) is 31.5 Å². The predicted molar refractivity (Wildman–Crippen MR) is 126 cm³/mol. The highest BCUT2D eigenvalue weighted by atomic mass is 32.2. The number of hydrogen-bond donors (Lipinski definition) is 0. The summed E-state index contributed by atoms with van der Waals surface area (Å²) in [6, 6.07) is 14.3. The maximum atomic E-state index is 13.4. The van der Waals surface area contributed by atoms with Gasteiger partial charge in [0.2, 0.25) is 0 Å². The van der Waals surface area contributed by atoms with Crippen molar-refractivity contribution in [3.8, 4) is 0 Å². The molecule has 0 spiro atoms. The Balaban J connectivity index is 1.67. The summed E-state index contributed by atoms with van der Waals surface area (Å²) in [6.07, 6.45) is 7.64. The summed E-state index contributed by atoms with van der Waals surface area (Å²) in [4.78, 5) is 27.4. The molecule has 0 unspecified atom stereocenters. The number of rotatable bonds is 4. The smallest absolute Gasteiger partial charge is 0.267 e. The molecule has 2 fully saturated rings. The second-order valence-electron chi connectivity index (χ2n) is 8.10. The van der Waals surface area contributed by atoms with Crippen molar-refractivity contribution in [2.24, 2.45) is 4.99 Å². The van der Waals surface area contributed by atoms with Gasteiger partial charge in [0.15, 0.2) is 11.0 Å². The number of carbonyl (C=O) groups is 1. The SMILES string of the molecule is Cc1cccc(/N=C2/S/C(=C\c3ccc(N(C)C)cc3)C(=O)N2C2CCCCC2)n1. The number of aromatic nitrogens is 1. The quantitative estimate of drug-likeness (QED) is 0.622. The molecule has 2 aromatic rings. The van der Waals surface area contributed by atoms with Crippen LogP contribution in [-0.2, 0) is 4.79 Å². The highest BCUT2D eigenvalue weighted by Gasteiger charge is 2.38. The van der Waals surface area contributed by atoms with Crippen molar-refractivity contribution in [3.63, 3.8) is 0 Å². The minimum atomic E-state index is 0.0648. The van der Waals surface area contributed by atoms with E-state index in [4.69, 9.17) is 4.99 Å². The van der Waals surface area contributed by atoms with Crippen LogP contribution in [0.3, 0.4) is 0 Å². The fourth-order valence-corrected chi connectivity index (χ4v) is 4.98. The zero-order valence-electron chi connectivity index (χ0n) is 17.8. The summed E-state index contributed by atoms with van der Waals surface area (Å²) < 4.78 is 0. The van der Waals surface area contributed by atoms with Gasteiger partial charge < -0.3 is 4.90 Å². The van der Waals surface area contributed by atoms with Gasteiger partial charge in [-0.25, -0.2) is 9.98 Å². The molecule has 4 rings (SSSR count). The van der Waals surface area contributed by atoms with E-state index in [0.717, 1.165) is 39.9 Å². The Morgan fingerprint density at radius 2 is 1.83 bits per heavy atom. The van der Waals surface area contributed by atoms with E-state index in [1.807, 2.05) is 50.2 Å². The number of amidine groups is 1. The Morgan fingerprint density at radius 3 is 2.50 bits per heavy atom. The minimum absolute atomic E-state index is 0.0648. The predicted octanol–water partition coefficient (Wildman–Crippen LogP) is 5.39. The molecule has 1 aromatic heterocycles. The summed E-state index contributed by atoms with van der Waals surface area (Å²) >= 11 is 1.46. The molecule has 1 saturated heterocycles. The number of nitrogens with zero attached hydrogens (tertiary/aromatic N) is 4. The molecule has 1 aromatic carbocycles. The lowest BCUT2D eigenvalue weighted by Gasteiger charge is -2.30. The molecule has 6 heteroatoms. The second-order valence-corrected chi connectivity index (χ2v) is 9.10. The Labute approximate surface area is 182 Å². The van der Waals surface area contributed by atoms with E-state index in [1.165, 1.54) is 31.0 Å². The number of aryl methyl sites for hydroxylation is 1. The van der Waals surface area contributed by atoms with Crippen molar-refractivity contribution in [1.82, 2.24) is 9.88 Å². The summed E-state index contributed by atoms with van der Waals surface area (Å²) in [7, 11) is 4.04. The summed E-state index contributed by atoms with van der Waals surface area (Å²) in [5.74, 6) is 0.720. The monoisotopic (exact) mass is 420 g/mol. The van der Waals surface area contributed by atoms with Crippen LogP contribution in [0.5, 0.6) is 0 Å². The standard InChI is InChI=1S/C24H28N4OS/c1-17-8-7-11-22(25-17)26-24-28(20-9-5-4-6-10-20)23(29)21(30-24)16-18-12-14-19(15-13-18)27(2)3/h7-8,11-16,20H,4-6,9-10H2,1-3H3/b21-16-,26-24+. The van der Waals surface area contributed by atoms with Crippen molar-refractivity contribution >= 4 is 40.4 Å². The minimum Gasteiger partial charge on any atom is -0.378 e. The van der Waals surface area contributed by atoms with Crippen molar-refractivity contribution < 1.29 is 4.79 Å². The van der Waals surface area contributed by atoms with Gasteiger partial charge in [0.25, 0.3) is 5.91 Å². The number of carbonyl (C=O) groups excluding carboxylic acids is 1.